The average Bonchev–Trinajstić information content (AvgIpc) is 2.48. The van der Waals surface area contributed by atoms with Crippen molar-refractivity contribution in [2.75, 3.05) is 13.2 Å². The molecule has 0 atom stereocenters. The van der Waals surface area contributed by atoms with Crippen molar-refractivity contribution < 1.29 is 4.74 Å². The molecule has 0 unspecified atom stereocenters. The Kier molecular flexibility index (Phi) is 9.59. The molecule has 0 aliphatic heterocycles. The smallest absolute Gasteiger partial charge is 0.0806 e. The van der Waals surface area contributed by atoms with E-state index in [1.165, 1.54) is 64.2 Å². The van der Waals surface area contributed by atoms with Crippen LogP contribution in [0.5, 0.6) is 0 Å². The highest BCUT2D eigenvalue weighted by Gasteiger charge is 2.35. The van der Waals surface area contributed by atoms with Crippen LogP contribution in [0.4, 0.5) is 0 Å². The Morgan fingerprint density at radius 2 is 1.76 bits per heavy atom. The lowest BCUT2D eigenvalue weighted by Crippen LogP contribution is -2.47. The Labute approximate surface area is 133 Å². The standard InChI is InChI=1S/C19H39NO/c1-5-7-8-9-15-21-19(16-20-17(3)4)13-11-18(10-6-2)12-14-19/h17-18,20H,5-16H2,1-4H3. The molecule has 0 aromatic heterocycles. The first-order valence-corrected chi connectivity index (χ1v) is 9.49. The first-order valence-electron chi connectivity index (χ1n) is 9.49. The van der Waals surface area contributed by atoms with E-state index in [2.05, 4.69) is 33.0 Å². The Morgan fingerprint density at radius 1 is 1.05 bits per heavy atom. The van der Waals surface area contributed by atoms with Gasteiger partial charge in [-0.1, -0.05) is 59.8 Å². The third-order valence-corrected chi connectivity index (χ3v) is 4.95. The van der Waals surface area contributed by atoms with E-state index in [1.54, 1.807) is 0 Å². The van der Waals surface area contributed by atoms with Crippen molar-refractivity contribution in [1.82, 2.24) is 5.32 Å². The van der Waals surface area contributed by atoms with Gasteiger partial charge in [-0.2, -0.15) is 0 Å². The third kappa shape index (κ3) is 7.65. The van der Waals surface area contributed by atoms with Crippen LogP contribution in [0.3, 0.4) is 0 Å². The fourth-order valence-corrected chi connectivity index (χ4v) is 3.48. The fraction of sp³-hybridized carbons (Fsp3) is 1.00. The van der Waals surface area contributed by atoms with E-state index in [9.17, 15) is 0 Å². The van der Waals surface area contributed by atoms with Gasteiger partial charge in [0, 0.05) is 19.2 Å². The van der Waals surface area contributed by atoms with Crippen molar-refractivity contribution in [3.05, 3.63) is 0 Å². The molecule has 1 aliphatic rings. The highest BCUT2D eigenvalue weighted by molar-refractivity contribution is 4.89. The summed E-state index contributed by atoms with van der Waals surface area (Å²) >= 11 is 0. The summed E-state index contributed by atoms with van der Waals surface area (Å²) in [5.41, 5.74) is 0.126. The monoisotopic (exact) mass is 297 g/mol. The molecule has 0 heterocycles. The minimum atomic E-state index is 0.126. The lowest BCUT2D eigenvalue weighted by Gasteiger charge is -2.41. The second-order valence-corrected chi connectivity index (χ2v) is 7.36. The number of nitrogens with one attached hydrogen (secondary N) is 1. The molecule has 0 aromatic rings. The van der Waals surface area contributed by atoms with Gasteiger partial charge in [-0.25, -0.2) is 0 Å². The van der Waals surface area contributed by atoms with Gasteiger partial charge in [0.1, 0.15) is 0 Å². The maximum Gasteiger partial charge on any atom is 0.0806 e. The van der Waals surface area contributed by atoms with Crippen LogP contribution in [0, 0.1) is 5.92 Å². The van der Waals surface area contributed by atoms with Crippen molar-refractivity contribution in [2.24, 2.45) is 5.92 Å². The number of ether oxygens (including phenoxy) is 1. The largest absolute Gasteiger partial charge is 0.374 e. The lowest BCUT2D eigenvalue weighted by atomic mass is 9.77. The van der Waals surface area contributed by atoms with Gasteiger partial charge in [0.2, 0.25) is 0 Å². The Morgan fingerprint density at radius 3 is 2.33 bits per heavy atom. The maximum atomic E-state index is 6.43. The molecular formula is C19H39NO. The van der Waals surface area contributed by atoms with Gasteiger partial charge in [0.25, 0.3) is 0 Å². The average molecular weight is 298 g/mol. The Bertz CT molecular complexity index is 244. The van der Waals surface area contributed by atoms with E-state index in [4.69, 9.17) is 4.74 Å². The zero-order valence-corrected chi connectivity index (χ0v) is 15.0. The van der Waals surface area contributed by atoms with Crippen LogP contribution < -0.4 is 5.32 Å². The molecule has 1 aliphatic carbocycles. The minimum Gasteiger partial charge on any atom is -0.374 e. The van der Waals surface area contributed by atoms with Crippen LogP contribution in [-0.4, -0.2) is 24.8 Å². The number of hydrogen-bond donors (Lipinski definition) is 1. The van der Waals surface area contributed by atoms with Crippen LogP contribution in [0.15, 0.2) is 0 Å². The van der Waals surface area contributed by atoms with Gasteiger partial charge in [-0.3, -0.25) is 0 Å². The number of rotatable bonds is 11. The second kappa shape index (κ2) is 10.6. The van der Waals surface area contributed by atoms with Crippen molar-refractivity contribution in [3.8, 4) is 0 Å². The zero-order valence-electron chi connectivity index (χ0n) is 15.0. The molecule has 0 aromatic carbocycles. The molecule has 1 saturated carbocycles. The molecule has 126 valence electrons. The van der Waals surface area contributed by atoms with Crippen LogP contribution in [0.2, 0.25) is 0 Å². The molecule has 0 bridgehead atoms. The predicted molar refractivity (Wildman–Crippen MR) is 92.8 cm³/mol. The summed E-state index contributed by atoms with van der Waals surface area (Å²) in [6, 6.07) is 0.555. The molecule has 0 radical (unpaired) electrons. The van der Waals surface area contributed by atoms with E-state index in [1.807, 2.05) is 0 Å². The SMILES string of the molecule is CCCCCCOC1(CNC(C)C)CCC(CCC)CC1. The highest BCUT2D eigenvalue weighted by Crippen LogP contribution is 2.36. The third-order valence-electron chi connectivity index (χ3n) is 4.95. The molecule has 0 amide bonds. The van der Waals surface area contributed by atoms with Crippen LogP contribution in [0.25, 0.3) is 0 Å². The van der Waals surface area contributed by atoms with Gasteiger partial charge in [0.15, 0.2) is 0 Å². The van der Waals surface area contributed by atoms with Gasteiger partial charge < -0.3 is 10.1 Å². The zero-order chi connectivity index (χ0) is 15.6. The van der Waals surface area contributed by atoms with E-state index in [0.717, 1.165) is 19.1 Å². The predicted octanol–water partition coefficient (Wildman–Crippen LogP) is 5.31. The summed E-state index contributed by atoms with van der Waals surface area (Å²) in [5.74, 6) is 0.950. The van der Waals surface area contributed by atoms with Crippen molar-refractivity contribution >= 4 is 0 Å². The first kappa shape index (κ1) is 19.0. The second-order valence-electron chi connectivity index (χ2n) is 7.36. The highest BCUT2D eigenvalue weighted by atomic mass is 16.5. The lowest BCUT2D eigenvalue weighted by molar-refractivity contribution is -0.0789. The van der Waals surface area contributed by atoms with Gasteiger partial charge >= 0.3 is 0 Å². The van der Waals surface area contributed by atoms with E-state index in [0.29, 0.717) is 6.04 Å². The molecule has 21 heavy (non-hydrogen) atoms. The molecule has 2 heteroatoms. The quantitative estimate of drug-likeness (QED) is 0.522. The van der Waals surface area contributed by atoms with Crippen molar-refractivity contribution in [3.63, 3.8) is 0 Å². The number of hydrogen-bond acceptors (Lipinski definition) is 2. The van der Waals surface area contributed by atoms with Crippen LogP contribution >= 0.6 is 0 Å². The van der Waals surface area contributed by atoms with E-state index >= 15 is 0 Å². The Balaban J connectivity index is 2.40. The van der Waals surface area contributed by atoms with E-state index in [-0.39, 0.29) is 5.60 Å². The fourth-order valence-electron chi connectivity index (χ4n) is 3.48. The molecule has 1 N–H and O–H groups in total. The molecule has 2 nitrogen and oxygen atoms in total. The summed E-state index contributed by atoms with van der Waals surface area (Å²) in [4.78, 5) is 0. The van der Waals surface area contributed by atoms with Crippen LogP contribution in [0.1, 0.15) is 91.9 Å². The topological polar surface area (TPSA) is 21.3 Å². The van der Waals surface area contributed by atoms with Gasteiger partial charge in [0.05, 0.1) is 5.60 Å². The molecular weight excluding hydrogens is 258 g/mol. The van der Waals surface area contributed by atoms with Gasteiger partial charge in [-0.15, -0.1) is 0 Å². The Hall–Kier alpha value is -0.0800. The van der Waals surface area contributed by atoms with Crippen molar-refractivity contribution in [2.45, 2.75) is 104 Å². The number of unbranched alkanes of at least 4 members (excludes halogenated alkanes) is 3. The molecule has 0 spiro atoms. The molecule has 0 saturated heterocycles. The molecule has 1 fully saturated rings. The summed E-state index contributed by atoms with van der Waals surface area (Å²) in [7, 11) is 0. The normalized spacial score (nSPS) is 26.4. The summed E-state index contributed by atoms with van der Waals surface area (Å²) in [6.45, 7) is 11.0. The summed E-state index contributed by atoms with van der Waals surface area (Å²) in [6.07, 6.45) is 13.2. The van der Waals surface area contributed by atoms with Crippen molar-refractivity contribution in [1.29, 1.82) is 0 Å². The van der Waals surface area contributed by atoms with Gasteiger partial charge in [-0.05, 0) is 38.0 Å². The van der Waals surface area contributed by atoms with E-state index < -0.39 is 0 Å². The van der Waals surface area contributed by atoms with Crippen LogP contribution in [-0.2, 0) is 4.74 Å². The summed E-state index contributed by atoms with van der Waals surface area (Å²) < 4.78 is 6.43. The first-order chi connectivity index (χ1) is 10.1. The molecule has 1 rings (SSSR count). The maximum absolute atomic E-state index is 6.43. The summed E-state index contributed by atoms with van der Waals surface area (Å²) in [5, 5.41) is 3.63. The minimum absolute atomic E-state index is 0.126.